The number of aryl methyl sites for hydroxylation is 1. The summed E-state index contributed by atoms with van der Waals surface area (Å²) in [6, 6.07) is 15.6. The Labute approximate surface area is 167 Å². The summed E-state index contributed by atoms with van der Waals surface area (Å²) in [7, 11) is 0. The molecule has 1 atom stereocenters. The summed E-state index contributed by atoms with van der Waals surface area (Å²) < 4.78 is 0. The predicted octanol–water partition coefficient (Wildman–Crippen LogP) is 4.66. The van der Waals surface area contributed by atoms with Gasteiger partial charge in [0.15, 0.2) is 5.82 Å². The second kappa shape index (κ2) is 9.06. The molecule has 0 radical (unpaired) electrons. The summed E-state index contributed by atoms with van der Waals surface area (Å²) in [4.78, 5) is 16.6. The van der Waals surface area contributed by atoms with Gasteiger partial charge in [0, 0.05) is 10.6 Å². The maximum Gasteiger partial charge on any atom is 0.230 e. The lowest BCUT2D eigenvalue weighted by Crippen LogP contribution is -2.28. The van der Waals surface area contributed by atoms with Gasteiger partial charge in [-0.25, -0.2) is 4.98 Å². The predicted molar refractivity (Wildman–Crippen MR) is 110 cm³/mol. The molecule has 0 saturated heterocycles. The molecule has 27 heavy (non-hydrogen) atoms. The van der Waals surface area contributed by atoms with E-state index in [1.54, 1.807) is 0 Å². The van der Waals surface area contributed by atoms with E-state index in [2.05, 4.69) is 39.6 Å². The van der Waals surface area contributed by atoms with E-state index in [1.165, 1.54) is 17.3 Å². The molecule has 3 rings (SSSR count). The lowest BCUT2D eigenvalue weighted by atomic mass is 10.1. The summed E-state index contributed by atoms with van der Waals surface area (Å²) in [5.41, 5.74) is 3.26. The Morgan fingerprint density at radius 3 is 2.56 bits per heavy atom. The van der Waals surface area contributed by atoms with Crippen LogP contribution in [0, 0.1) is 0 Å². The van der Waals surface area contributed by atoms with Gasteiger partial charge in [0.2, 0.25) is 11.1 Å². The van der Waals surface area contributed by atoms with Crippen molar-refractivity contribution in [1.82, 2.24) is 20.5 Å². The maximum atomic E-state index is 12.2. The number of carbonyl (C=O) groups is 1. The lowest BCUT2D eigenvalue weighted by Gasteiger charge is -2.13. The van der Waals surface area contributed by atoms with Crippen molar-refractivity contribution in [2.45, 2.75) is 31.5 Å². The molecular formula is C20H21ClN4OS. The molecule has 1 heterocycles. The van der Waals surface area contributed by atoms with Gasteiger partial charge in [-0.15, -0.1) is 5.10 Å². The quantitative estimate of drug-likeness (QED) is 0.566. The average Bonchev–Trinajstić information content (AvgIpc) is 3.16. The molecule has 5 nitrogen and oxygen atoms in total. The molecule has 0 aliphatic carbocycles. The first-order valence-electron chi connectivity index (χ1n) is 8.74. The van der Waals surface area contributed by atoms with Gasteiger partial charge >= 0.3 is 0 Å². The zero-order valence-electron chi connectivity index (χ0n) is 15.2. The zero-order chi connectivity index (χ0) is 19.2. The van der Waals surface area contributed by atoms with Crippen molar-refractivity contribution < 1.29 is 4.79 Å². The van der Waals surface area contributed by atoms with Crippen LogP contribution in [-0.4, -0.2) is 26.8 Å². The van der Waals surface area contributed by atoms with E-state index in [-0.39, 0.29) is 17.7 Å². The third kappa shape index (κ3) is 5.34. The fraction of sp³-hybridized carbons (Fsp3) is 0.250. The van der Waals surface area contributed by atoms with Crippen LogP contribution in [0.4, 0.5) is 0 Å². The number of hydrogen-bond donors (Lipinski definition) is 2. The molecule has 7 heteroatoms. The van der Waals surface area contributed by atoms with E-state index >= 15 is 0 Å². The number of hydrogen-bond acceptors (Lipinski definition) is 4. The Hall–Kier alpha value is -2.31. The summed E-state index contributed by atoms with van der Waals surface area (Å²) in [5.74, 6) is 0.889. The molecule has 0 fully saturated rings. The van der Waals surface area contributed by atoms with E-state index in [1.807, 2.05) is 43.3 Å². The minimum atomic E-state index is -0.0878. The maximum absolute atomic E-state index is 12.2. The minimum absolute atomic E-state index is 0.0684. The average molecular weight is 401 g/mol. The molecule has 0 unspecified atom stereocenters. The van der Waals surface area contributed by atoms with Gasteiger partial charge in [0.1, 0.15) is 0 Å². The Morgan fingerprint density at radius 1 is 1.19 bits per heavy atom. The molecule has 140 valence electrons. The first kappa shape index (κ1) is 19.5. The van der Waals surface area contributed by atoms with Gasteiger partial charge in [0.25, 0.3) is 0 Å². The number of amides is 1. The van der Waals surface area contributed by atoms with Crippen molar-refractivity contribution in [2.24, 2.45) is 0 Å². The van der Waals surface area contributed by atoms with Crippen molar-refractivity contribution in [3.8, 4) is 11.4 Å². The van der Waals surface area contributed by atoms with E-state index in [4.69, 9.17) is 11.6 Å². The Balaban J connectivity index is 1.53. The van der Waals surface area contributed by atoms with Gasteiger partial charge in [-0.05, 0) is 36.6 Å². The first-order chi connectivity index (χ1) is 13.0. The lowest BCUT2D eigenvalue weighted by molar-refractivity contribution is -0.119. The van der Waals surface area contributed by atoms with Gasteiger partial charge in [0.05, 0.1) is 11.8 Å². The molecule has 0 bridgehead atoms. The molecule has 1 amide bonds. The number of H-pyrrole nitrogens is 1. The summed E-state index contributed by atoms with van der Waals surface area (Å²) in [6.07, 6.45) is 1.00. The summed E-state index contributed by atoms with van der Waals surface area (Å²) in [5, 5.41) is 11.3. The van der Waals surface area contributed by atoms with Gasteiger partial charge in [-0.3, -0.25) is 9.89 Å². The van der Waals surface area contributed by atoms with Crippen LogP contribution in [0.25, 0.3) is 11.4 Å². The SMILES string of the molecule is CCc1ccc(-c2nc(SCC(=O)N[C@H](C)c3ccc(Cl)cc3)n[nH]2)cc1. The van der Waals surface area contributed by atoms with Crippen molar-refractivity contribution in [3.05, 3.63) is 64.7 Å². The highest BCUT2D eigenvalue weighted by molar-refractivity contribution is 7.99. The first-order valence-corrected chi connectivity index (χ1v) is 10.1. The fourth-order valence-electron chi connectivity index (χ4n) is 2.59. The van der Waals surface area contributed by atoms with E-state index in [0.29, 0.717) is 16.0 Å². The molecule has 3 aromatic rings. The standard InChI is InChI=1S/C20H21ClN4OS/c1-3-14-4-6-16(7-5-14)19-23-20(25-24-19)27-12-18(26)22-13(2)15-8-10-17(21)11-9-15/h4-11,13H,3,12H2,1-2H3,(H,22,26)(H,23,24,25)/t13-/m1/s1. The molecule has 2 N–H and O–H groups in total. The number of nitrogens with zero attached hydrogens (tertiary/aromatic N) is 2. The van der Waals surface area contributed by atoms with Crippen LogP contribution in [0.3, 0.4) is 0 Å². The second-order valence-corrected chi connectivity index (χ2v) is 7.53. The Kier molecular flexibility index (Phi) is 6.53. The Bertz CT molecular complexity index is 893. The van der Waals surface area contributed by atoms with Crippen LogP contribution in [-0.2, 0) is 11.2 Å². The molecule has 0 spiro atoms. The fourth-order valence-corrected chi connectivity index (χ4v) is 3.32. The van der Waals surface area contributed by atoms with Crippen molar-refractivity contribution in [1.29, 1.82) is 0 Å². The third-order valence-corrected chi connectivity index (χ3v) is 5.28. The van der Waals surface area contributed by atoms with E-state index in [0.717, 1.165) is 17.5 Å². The topological polar surface area (TPSA) is 70.7 Å². The van der Waals surface area contributed by atoms with Gasteiger partial charge in [-0.2, -0.15) is 0 Å². The number of nitrogens with one attached hydrogen (secondary N) is 2. The van der Waals surface area contributed by atoms with Crippen LogP contribution in [0.15, 0.2) is 53.7 Å². The van der Waals surface area contributed by atoms with Gasteiger partial charge < -0.3 is 5.32 Å². The second-order valence-electron chi connectivity index (χ2n) is 6.15. The molecule has 0 aliphatic rings. The highest BCUT2D eigenvalue weighted by Crippen LogP contribution is 2.20. The highest BCUT2D eigenvalue weighted by Gasteiger charge is 2.12. The molecule has 0 aliphatic heterocycles. The van der Waals surface area contributed by atoms with E-state index in [9.17, 15) is 4.79 Å². The van der Waals surface area contributed by atoms with Crippen LogP contribution in [0.2, 0.25) is 5.02 Å². The number of benzene rings is 2. The molecule has 0 saturated carbocycles. The normalized spacial score (nSPS) is 12.0. The third-order valence-electron chi connectivity index (χ3n) is 4.18. The Morgan fingerprint density at radius 2 is 1.89 bits per heavy atom. The van der Waals surface area contributed by atoms with Crippen LogP contribution in [0.5, 0.6) is 0 Å². The van der Waals surface area contributed by atoms with Crippen molar-refractivity contribution >= 4 is 29.3 Å². The smallest absolute Gasteiger partial charge is 0.230 e. The summed E-state index contributed by atoms with van der Waals surface area (Å²) >= 11 is 7.20. The number of thioether (sulfide) groups is 1. The monoisotopic (exact) mass is 400 g/mol. The van der Waals surface area contributed by atoms with Crippen LogP contribution < -0.4 is 5.32 Å². The summed E-state index contributed by atoms with van der Waals surface area (Å²) in [6.45, 7) is 4.06. The molecule has 2 aromatic carbocycles. The van der Waals surface area contributed by atoms with Crippen LogP contribution in [0.1, 0.15) is 31.0 Å². The van der Waals surface area contributed by atoms with E-state index < -0.39 is 0 Å². The number of carbonyl (C=O) groups excluding carboxylic acids is 1. The highest BCUT2D eigenvalue weighted by atomic mass is 35.5. The largest absolute Gasteiger partial charge is 0.349 e. The number of rotatable bonds is 7. The molecule has 1 aromatic heterocycles. The number of halogens is 1. The minimum Gasteiger partial charge on any atom is -0.349 e. The number of aromatic nitrogens is 3. The van der Waals surface area contributed by atoms with Crippen molar-refractivity contribution in [2.75, 3.05) is 5.75 Å². The van der Waals surface area contributed by atoms with Crippen molar-refractivity contribution in [3.63, 3.8) is 0 Å². The van der Waals surface area contributed by atoms with Gasteiger partial charge in [-0.1, -0.05) is 66.7 Å². The molecular weight excluding hydrogens is 380 g/mol. The number of aromatic amines is 1. The zero-order valence-corrected chi connectivity index (χ0v) is 16.8. The van der Waals surface area contributed by atoms with Crippen LogP contribution >= 0.6 is 23.4 Å².